The monoisotopic (exact) mass is 276 g/mol. The summed E-state index contributed by atoms with van der Waals surface area (Å²) < 4.78 is 29.0. The van der Waals surface area contributed by atoms with Crippen LogP contribution in [0.1, 0.15) is 5.56 Å². The van der Waals surface area contributed by atoms with E-state index in [0.717, 1.165) is 16.5 Å². The molecule has 0 saturated carbocycles. The third-order valence-corrected chi connectivity index (χ3v) is 3.67. The van der Waals surface area contributed by atoms with Gasteiger partial charge < -0.3 is 4.74 Å². The van der Waals surface area contributed by atoms with Gasteiger partial charge in [-0.3, -0.25) is 0 Å². The Labute approximate surface area is 91.1 Å². The predicted molar refractivity (Wildman–Crippen MR) is 56.5 cm³/mol. The number of rotatable bonds is 1. The summed E-state index contributed by atoms with van der Waals surface area (Å²) in [7, 11) is -3.21. The number of hydrogen-bond donors (Lipinski definition) is 0. The molecule has 0 saturated heterocycles. The SMILES string of the molecule is CS(=O)(=O)c1cc(Br)cc2c1OCC2. The fourth-order valence-electron chi connectivity index (χ4n) is 1.51. The van der Waals surface area contributed by atoms with Crippen molar-refractivity contribution in [1.82, 2.24) is 0 Å². The molecule has 0 radical (unpaired) electrons. The van der Waals surface area contributed by atoms with Crippen molar-refractivity contribution in [2.75, 3.05) is 12.9 Å². The first-order chi connectivity index (χ1) is 6.48. The maximum Gasteiger partial charge on any atom is 0.179 e. The Morgan fingerprint density at radius 2 is 2.14 bits per heavy atom. The molecule has 1 aliphatic heterocycles. The number of sulfone groups is 1. The Morgan fingerprint density at radius 1 is 1.43 bits per heavy atom. The van der Waals surface area contributed by atoms with Gasteiger partial charge in [0, 0.05) is 17.1 Å². The molecule has 2 rings (SSSR count). The van der Waals surface area contributed by atoms with E-state index in [2.05, 4.69) is 15.9 Å². The van der Waals surface area contributed by atoms with Crippen molar-refractivity contribution in [3.8, 4) is 5.75 Å². The lowest BCUT2D eigenvalue weighted by molar-refractivity contribution is 0.348. The second kappa shape index (κ2) is 3.24. The number of ether oxygens (including phenoxy) is 1. The summed E-state index contributed by atoms with van der Waals surface area (Å²) >= 11 is 3.29. The first kappa shape index (κ1) is 9.98. The van der Waals surface area contributed by atoms with Gasteiger partial charge in [-0.2, -0.15) is 0 Å². The minimum Gasteiger partial charge on any atom is -0.492 e. The lowest BCUT2D eigenvalue weighted by atomic mass is 10.2. The maximum atomic E-state index is 11.4. The number of fused-ring (bicyclic) bond motifs is 1. The molecular formula is C9H9BrO3S. The lowest BCUT2D eigenvalue weighted by Gasteiger charge is -2.06. The Kier molecular flexibility index (Phi) is 2.31. The Morgan fingerprint density at radius 3 is 2.79 bits per heavy atom. The molecule has 0 fully saturated rings. The molecule has 76 valence electrons. The van der Waals surface area contributed by atoms with Crippen LogP contribution in [0, 0.1) is 0 Å². The van der Waals surface area contributed by atoms with E-state index in [1.54, 1.807) is 6.07 Å². The highest BCUT2D eigenvalue weighted by Crippen LogP contribution is 2.35. The highest BCUT2D eigenvalue weighted by molar-refractivity contribution is 9.10. The van der Waals surface area contributed by atoms with Gasteiger partial charge >= 0.3 is 0 Å². The summed E-state index contributed by atoms with van der Waals surface area (Å²) in [6.45, 7) is 0.564. The Hall–Kier alpha value is -0.550. The van der Waals surface area contributed by atoms with Crippen molar-refractivity contribution < 1.29 is 13.2 Å². The zero-order valence-electron chi connectivity index (χ0n) is 7.58. The summed E-state index contributed by atoms with van der Waals surface area (Å²) in [5.74, 6) is 0.524. The van der Waals surface area contributed by atoms with Gasteiger partial charge in [0.15, 0.2) is 9.84 Å². The van der Waals surface area contributed by atoms with Crippen molar-refractivity contribution in [3.63, 3.8) is 0 Å². The first-order valence-electron chi connectivity index (χ1n) is 4.14. The Bertz CT molecular complexity index is 479. The molecule has 0 N–H and O–H groups in total. The van der Waals surface area contributed by atoms with Gasteiger partial charge in [-0.15, -0.1) is 0 Å². The van der Waals surface area contributed by atoms with Crippen molar-refractivity contribution >= 4 is 25.8 Å². The minimum absolute atomic E-state index is 0.277. The van der Waals surface area contributed by atoms with Crippen LogP contribution < -0.4 is 4.74 Å². The number of hydrogen-bond acceptors (Lipinski definition) is 3. The largest absolute Gasteiger partial charge is 0.492 e. The summed E-state index contributed by atoms with van der Waals surface area (Å²) in [5, 5.41) is 0. The van der Waals surface area contributed by atoms with Crippen molar-refractivity contribution in [1.29, 1.82) is 0 Å². The molecule has 0 bridgehead atoms. The maximum absolute atomic E-state index is 11.4. The van der Waals surface area contributed by atoms with Crippen LogP contribution in [0.3, 0.4) is 0 Å². The van der Waals surface area contributed by atoms with Crippen LogP contribution in [0.4, 0.5) is 0 Å². The minimum atomic E-state index is -3.21. The van der Waals surface area contributed by atoms with E-state index in [0.29, 0.717) is 12.4 Å². The topological polar surface area (TPSA) is 43.4 Å². The average molecular weight is 277 g/mol. The highest BCUT2D eigenvalue weighted by atomic mass is 79.9. The van der Waals surface area contributed by atoms with Crippen LogP contribution in [0.5, 0.6) is 5.75 Å². The van der Waals surface area contributed by atoms with Crippen molar-refractivity contribution in [3.05, 3.63) is 22.2 Å². The van der Waals surface area contributed by atoms with E-state index in [-0.39, 0.29) is 4.90 Å². The lowest BCUT2D eigenvalue weighted by Crippen LogP contribution is -2.00. The van der Waals surface area contributed by atoms with E-state index >= 15 is 0 Å². The van der Waals surface area contributed by atoms with Gasteiger partial charge in [-0.25, -0.2) is 8.42 Å². The molecule has 0 aliphatic carbocycles. The molecule has 1 aromatic rings. The molecule has 0 spiro atoms. The van der Waals surface area contributed by atoms with Crippen molar-refractivity contribution in [2.45, 2.75) is 11.3 Å². The van der Waals surface area contributed by atoms with Gasteiger partial charge in [-0.05, 0) is 17.7 Å². The molecule has 1 aromatic carbocycles. The fraction of sp³-hybridized carbons (Fsp3) is 0.333. The van der Waals surface area contributed by atoms with Gasteiger partial charge in [0.25, 0.3) is 0 Å². The molecule has 0 amide bonds. The van der Waals surface area contributed by atoms with Crippen LogP contribution in [-0.4, -0.2) is 21.3 Å². The predicted octanol–water partition coefficient (Wildman–Crippen LogP) is 1.79. The third-order valence-electron chi connectivity index (χ3n) is 2.11. The van der Waals surface area contributed by atoms with Crippen LogP contribution in [-0.2, 0) is 16.3 Å². The van der Waals surface area contributed by atoms with Crippen LogP contribution >= 0.6 is 15.9 Å². The Balaban J connectivity index is 2.72. The van der Waals surface area contributed by atoms with Gasteiger partial charge in [0.1, 0.15) is 10.6 Å². The van der Waals surface area contributed by atoms with Crippen LogP contribution in [0.15, 0.2) is 21.5 Å². The van der Waals surface area contributed by atoms with Gasteiger partial charge in [-0.1, -0.05) is 15.9 Å². The summed E-state index contributed by atoms with van der Waals surface area (Å²) in [5.41, 5.74) is 0.958. The zero-order valence-corrected chi connectivity index (χ0v) is 9.98. The summed E-state index contributed by atoms with van der Waals surface area (Å²) in [6.07, 6.45) is 1.97. The van der Waals surface area contributed by atoms with Crippen LogP contribution in [0.2, 0.25) is 0 Å². The van der Waals surface area contributed by atoms with Crippen molar-refractivity contribution in [2.24, 2.45) is 0 Å². The molecule has 5 heteroatoms. The normalized spacial score (nSPS) is 15.0. The average Bonchev–Trinajstić information content (AvgIpc) is 2.47. The smallest absolute Gasteiger partial charge is 0.179 e. The zero-order chi connectivity index (χ0) is 10.3. The summed E-state index contributed by atoms with van der Waals surface area (Å²) in [6, 6.07) is 3.48. The van der Waals surface area contributed by atoms with Crippen LogP contribution in [0.25, 0.3) is 0 Å². The second-order valence-corrected chi connectivity index (χ2v) is 6.16. The van der Waals surface area contributed by atoms with E-state index in [1.807, 2.05) is 6.07 Å². The highest BCUT2D eigenvalue weighted by Gasteiger charge is 2.22. The summed E-state index contributed by atoms with van der Waals surface area (Å²) in [4.78, 5) is 0.277. The fourth-order valence-corrected chi connectivity index (χ4v) is 3.04. The molecule has 0 aromatic heterocycles. The number of benzene rings is 1. The second-order valence-electron chi connectivity index (χ2n) is 3.26. The quantitative estimate of drug-likeness (QED) is 0.786. The third kappa shape index (κ3) is 1.66. The van der Waals surface area contributed by atoms with E-state index < -0.39 is 9.84 Å². The molecule has 1 heterocycles. The van der Waals surface area contributed by atoms with Gasteiger partial charge in [0.2, 0.25) is 0 Å². The van der Waals surface area contributed by atoms with E-state index in [9.17, 15) is 8.42 Å². The molecule has 3 nitrogen and oxygen atoms in total. The molecule has 0 atom stereocenters. The molecule has 0 unspecified atom stereocenters. The number of halogens is 1. The van der Waals surface area contributed by atoms with Gasteiger partial charge in [0.05, 0.1) is 6.61 Å². The van der Waals surface area contributed by atoms with E-state index in [4.69, 9.17) is 4.74 Å². The molecular weight excluding hydrogens is 268 g/mol. The molecule has 14 heavy (non-hydrogen) atoms. The molecule has 1 aliphatic rings. The first-order valence-corrected chi connectivity index (χ1v) is 6.82. The standard InChI is InChI=1S/C9H9BrO3S/c1-14(11,12)8-5-7(10)4-6-2-3-13-9(6)8/h4-5H,2-3H2,1H3. The van der Waals surface area contributed by atoms with E-state index in [1.165, 1.54) is 6.26 Å².